The van der Waals surface area contributed by atoms with E-state index in [1.54, 1.807) is 35.6 Å². The minimum Gasteiger partial charge on any atom is -0.368 e. The molecule has 6 rings (SSSR count). The molecule has 0 aliphatic rings. The lowest BCUT2D eigenvalue weighted by Crippen LogP contribution is -2.26. The third kappa shape index (κ3) is 4.54. The Kier molecular flexibility index (Phi) is 6.45. The molecule has 4 aromatic heterocycles. The van der Waals surface area contributed by atoms with Crippen molar-refractivity contribution in [2.45, 2.75) is 13.0 Å². The number of nitrogens with two attached hydrogens (primary N) is 1. The first-order chi connectivity index (χ1) is 19.4. The Balaban J connectivity index is 1.56. The highest BCUT2D eigenvalue weighted by Gasteiger charge is 2.21. The first kappa shape index (κ1) is 25.2. The van der Waals surface area contributed by atoms with E-state index >= 15 is 0 Å². The lowest BCUT2D eigenvalue weighted by atomic mass is 9.98. The van der Waals surface area contributed by atoms with Crippen LogP contribution in [0.25, 0.3) is 38.8 Å². The van der Waals surface area contributed by atoms with Crippen LogP contribution >= 0.6 is 11.3 Å². The van der Waals surface area contributed by atoms with Crippen LogP contribution in [0.4, 0.5) is 11.8 Å². The zero-order valence-electron chi connectivity index (χ0n) is 21.8. The first-order valence-corrected chi connectivity index (χ1v) is 13.5. The Hall–Kier alpha value is -5.09. The smallest absolute Gasteiger partial charge is 0.263 e. The van der Waals surface area contributed by atoms with Crippen molar-refractivity contribution < 1.29 is 0 Å². The van der Waals surface area contributed by atoms with Crippen molar-refractivity contribution in [3.05, 3.63) is 116 Å². The van der Waals surface area contributed by atoms with Gasteiger partial charge < -0.3 is 15.6 Å². The SMILES string of the molecule is C[C@H](Nc1nc(N)ncc1-c1cscn1)c1cc2cccc(-c3ccc(=O)n(C)c3)c2c(=O)n1-c1ccccc1. The summed E-state index contributed by atoms with van der Waals surface area (Å²) in [4.78, 5) is 39.4. The van der Waals surface area contributed by atoms with Gasteiger partial charge in [0, 0.05) is 42.3 Å². The quantitative estimate of drug-likeness (QED) is 0.300. The fraction of sp³-hybridized carbons (Fsp3) is 0.100. The molecule has 0 fully saturated rings. The Morgan fingerprint density at radius 1 is 0.975 bits per heavy atom. The molecule has 0 aliphatic heterocycles. The summed E-state index contributed by atoms with van der Waals surface area (Å²) in [7, 11) is 1.70. The maximum absolute atomic E-state index is 14.4. The second-order valence-corrected chi connectivity index (χ2v) is 10.1. The molecule has 0 unspecified atom stereocenters. The molecule has 10 heteroatoms. The number of pyridine rings is 2. The Morgan fingerprint density at radius 2 is 1.80 bits per heavy atom. The second-order valence-electron chi connectivity index (χ2n) is 9.41. The summed E-state index contributed by atoms with van der Waals surface area (Å²) in [6.07, 6.45) is 3.40. The number of anilines is 2. The summed E-state index contributed by atoms with van der Waals surface area (Å²) in [6.45, 7) is 1.97. The number of nitrogens with zero attached hydrogens (tertiary/aromatic N) is 5. The molecular formula is C30H25N7O2S. The highest BCUT2D eigenvalue weighted by Crippen LogP contribution is 2.32. The molecule has 2 aromatic carbocycles. The van der Waals surface area contributed by atoms with Crippen LogP contribution in [0.15, 0.2) is 99.6 Å². The minimum atomic E-state index is -0.356. The van der Waals surface area contributed by atoms with Gasteiger partial charge in [0.15, 0.2) is 0 Å². The Morgan fingerprint density at radius 3 is 2.55 bits per heavy atom. The van der Waals surface area contributed by atoms with E-state index in [1.165, 1.54) is 22.0 Å². The van der Waals surface area contributed by atoms with Crippen LogP contribution in [0, 0.1) is 0 Å². The van der Waals surface area contributed by atoms with E-state index in [2.05, 4.69) is 20.3 Å². The first-order valence-electron chi connectivity index (χ1n) is 12.6. The maximum Gasteiger partial charge on any atom is 0.263 e. The third-order valence-electron chi connectivity index (χ3n) is 6.80. The maximum atomic E-state index is 14.4. The van der Waals surface area contributed by atoms with Crippen LogP contribution in [0.3, 0.4) is 0 Å². The molecule has 0 aliphatic carbocycles. The van der Waals surface area contributed by atoms with Gasteiger partial charge in [-0.2, -0.15) is 4.98 Å². The van der Waals surface area contributed by atoms with Gasteiger partial charge in [0.2, 0.25) is 11.5 Å². The summed E-state index contributed by atoms with van der Waals surface area (Å²) >= 11 is 1.48. The van der Waals surface area contributed by atoms with E-state index < -0.39 is 0 Å². The number of benzene rings is 2. The van der Waals surface area contributed by atoms with Gasteiger partial charge in [-0.25, -0.2) is 9.97 Å². The van der Waals surface area contributed by atoms with E-state index in [0.29, 0.717) is 16.8 Å². The number of aromatic nitrogens is 5. The lowest BCUT2D eigenvalue weighted by Gasteiger charge is -2.23. The molecule has 9 nitrogen and oxygen atoms in total. The molecule has 0 bridgehead atoms. The number of fused-ring (bicyclic) bond motifs is 1. The molecule has 0 saturated heterocycles. The molecule has 0 radical (unpaired) electrons. The van der Waals surface area contributed by atoms with Gasteiger partial charge in [0.25, 0.3) is 5.56 Å². The van der Waals surface area contributed by atoms with Crippen LogP contribution < -0.4 is 22.2 Å². The highest BCUT2D eigenvalue weighted by atomic mass is 32.1. The number of aryl methyl sites for hydroxylation is 1. The standard InChI is InChI=1S/C30H25N7O2S/c1-18(34-28-23(14-32-30(31)35-28)24-16-40-17-33-24)25-13-19-7-6-10-22(20-11-12-26(38)36(2)15-20)27(19)29(39)37(25)21-8-4-3-5-9-21/h3-18H,1-2H3,(H3,31,32,34,35)/t18-/m0/s1. The van der Waals surface area contributed by atoms with Crippen LogP contribution in [0.2, 0.25) is 0 Å². The van der Waals surface area contributed by atoms with Crippen molar-refractivity contribution in [3.8, 4) is 28.1 Å². The van der Waals surface area contributed by atoms with Crippen molar-refractivity contribution >= 4 is 33.9 Å². The average molecular weight is 548 g/mol. The molecular weight excluding hydrogens is 522 g/mol. The normalized spacial score (nSPS) is 11.9. The molecule has 40 heavy (non-hydrogen) atoms. The topological polar surface area (TPSA) is 121 Å². The average Bonchev–Trinajstić information content (AvgIpc) is 3.49. The zero-order valence-corrected chi connectivity index (χ0v) is 22.6. The summed E-state index contributed by atoms with van der Waals surface area (Å²) in [5.74, 6) is 0.659. The van der Waals surface area contributed by atoms with Gasteiger partial charge in [-0.3, -0.25) is 14.2 Å². The van der Waals surface area contributed by atoms with Crippen molar-refractivity contribution in [1.82, 2.24) is 24.1 Å². The number of nitrogen functional groups attached to an aromatic ring is 1. The third-order valence-corrected chi connectivity index (χ3v) is 7.39. The van der Waals surface area contributed by atoms with Gasteiger partial charge >= 0.3 is 0 Å². The van der Waals surface area contributed by atoms with Crippen molar-refractivity contribution in [3.63, 3.8) is 0 Å². The van der Waals surface area contributed by atoms with Crippen molar-refractivity contribution in [2.24, 2.45) is 7.05 Å². The van der Waals surface area contributed by atoms with Gasteiger partial charge in [-0.1, -0.05) is 36.4 Å². The zero-order chi connectivity index (χ0) is 27.8. The number of rotatable bonds is 6. The van der Waals surface area contributed by atoms with E-state index in [9.17, 15) is 9.59 Å². The summed E-state index contributed by atoms with van der Waals surface area (Å²) in [6, 6.07) is 20.2. The second kappa shape index (κ2) is 10.2. The number of thiazole rings is 1. The lowest BCUT2D eigenvalue weighted by molar-refractivity contribution is 0.773. The van der Waals surface area contributed by atoms with Crippen LogP contribution in [-0.2, 0) is 7.05 Å². The van der Waals surface area contributed by atoms with Gasteiger partial charge in [0.1, 0.15) is 5.82 Å². The van der Waals surface area contributed by atoms with E-state index in [0.717, 1.165) is 33.6 Å². The summed E-state index contributed by atoms with van der Waals surface area (Å²) < 4.78 is 3.23. The summed E-state index contributed by atoms with van der Waals surface area (Å²) in [5, 5.41) is 6.72. The molecule has 0 saturated carbocycles. The Bertz CT molecular complexity index is 1970. The molecule has 6 aromatic rings. The van der Waals surface area contributed by atoms with Crippen molar-refractivity contribution in [1.29, 1.82) is 0 Å². The molecule has 0 spiro atoms. The molecule has 1 atom stereocenters. The molecule has 0 amide bonds. The number of hydrogen-bond donors (Lipinski definition) is 2. The number of hydrogen-bond acceptors (Lipinski definition) is 8. The van der Waals surface area contributed by atoms with Crippen LogP contribution in [-0.4, -0.2) is 24.1 Å². The molecule has 3 N–H and O–H groups in total. The molecule has 198 valence electrons. The largest absolute Gasteiger partial charge is 0.368 e. The van der Waals surface area contributed by atoms with Crippen LogP contribution in [0.5, 0.6) is 0 Å². The van der Waals surface area contributed by atoms with Gasteiger partial charge in [-0.05, 0) is 47.7 Å². The monoisotopic (exact) mass is 547 g/mol. The van der Waals surface area contributed by atoms with Crippen LogP contribution in [0.1, 0.15) is 18.7 Å². The predicted octanol–water partition coefficient (Wildman–Crippen LogP) is 5.03. The minimum absolute atomic E-state index is 0.116. The Labute approximate surface area is 233 Å². The highest BCUT2D eigenvalue weighted by molar-refractivity contribution is 7.07. The number of para-hydroxylation sites is 1. The van der Waals surface area contributed by atoms with E-state index in [1.807, 2.05) is 66.9 Å². The fourth-order valence-electron chi connectivity index (χ4n) is 4.86. The van der Waals surface area contributed by atoms with E-state index in [4.69, 9.17) is 5.73 Å². The number of nitrogens with one attached hydrogen (secondary N) is 1. The summed E-state index contributed by atoms with van der Waals surface area (Å²) in [5.41, 5.74) is 11.9. The molecule has 4 heterocycles. The fourth-order valence-corrected chi connectivity index (χ4v) is 5.41. The van der Waals surface area contributed by atoms with Gasteiger partial charge in [0.05, 0.1) is 28.2 Å². The van der Waals surface area contributed by atoms with E-state index in [-0.39, 0.29) is 23.1 Å². The van der Waals surface area contributed by atoms with Gasteiger partial charge in [-0.15, -0.1) is 11.3 Å². The predicted molar refractivity (Wildman–Crippen MR) is 160 cm³/mol. The van der Waals surface area contributed by atoms with Crippen molar-refractivity contribution in [2.75, 3.05) is 11.1 Å².